The molecule has 0 spiro atoms. The van der Waals surface area contributed by atoms with Gasteiger partial charge in [0.25, 0.3) is 0 Å². The Morgan fingerprint density at radius 1 is 1.04 bits per heavy atom. The first-order valence-corrected chi connectivity index (χ1v) is 10.5. The van der Waals surface area contributed by atoms with Crippen LogP contribution in [0.15, 0.2) is 41.4 Å². The van der Waals surface area contributed by atoms with E-state index in [9.17, 15) is 5.11 Å². The normalized spacial score (nSPS) is 31.7. The second kappa shape index (κ2) is 6.38. The zero-order valence-electron chi connectivity index (χ0n) is 15.8. The van der Waals surface area contributed by atoms with Crippen LogP contribution in [0, 0.1) is 24.7 Å². The largest absolute Gasteiger partial charge is 0.507 e. The smallest absolute Gasteiger partial charge is 0.124 e. The van der Waals surface area contributed by atoms with Crippen molar-refractivity contribution in [2.75, 3.05) is 0 Å². The lowest BCUT2D eigenvalue weighted by Gasteiger charge is -2.57. The van der Waals surface area contributed by atoms with Gasteiger partial charge in [0.05, 0.1) is 5.69 Å². The quantitative estimate of drug-likeness (QED) is 0.600. The van der Waals surface area contributed by atoms with E-state index in [1.165, 1.54) is 44.1 Å². The molecule has 0 aliphatic heterocycles. The van der Waals surface area contributed by atoms with Crippen molar-refractivity contribution in [3.63, 3.8) is 0 Å². The molecule has 0 unspecified atom stereocenters. The number of phenols is 1. The fourth-order valence-corrected chi connectivity index (χ4v) is 6.50. The predicted octanol–water partition coefficient (Wildman–Crippen LogP) is 6.57. The Morgan fingerprint density at radius 3 is 2.37 bits per heavy atom. The van der Waals surface area contributed by atoms with Crippen LogP contribution in [-0.2, 0) is 5.41 Å². The number of benzene rings is 2. The van der Waals surface area contributed by atoms with Crippen LogP contribution >= 0.6 is 11.6 Å². The summed E-state index contributed by atoms with van der Waals surface area (Å²) in [7, 11) is 0. The molecule has 4 saturated carbocycles. The molecule has 2 aromatic rings. The molecule has 0 radical (unpaired) electrons. The second-order valence-electron chi connectivity index (χ2n) is 9.11. The third-order valence-corrected chi connectivity index (χ3v) is 7.67. The zero-order valence-corrected chi connectivity index (χ0v) is 16.5. The fourth-order valence-electron chi connectivity index (χ4n) is 6.33. The summed E-state index contributed by atoms with van der Waals surface area (Å²) in [5.41, 5.74) is 4.36. The Labute approximate surface area is 166 Å². The van der Waals surface area contributed by atoms with E-state index in [1.54, 1.807) is 6.21 Å². The average Bonchev–Trinajstić information content (AvgIpc) is 2.63. The van der Waals surface area contributed by atoms with E-state index in [0.717, 1.165) is 39.6 Å². The molecule has 140 valence electrons. The second-order valence-corrected chi connectivity index (χ2v) is 9.52. The number of aliphatic imine (C=N–C) groups is 1. The van der Waals surface area contributed by atoms with Gasteiger partial charge >= 0.3 is 0 Å². The summed E-state index contributed by atoms with van der Waals surface area (Å²) >= 11 is 6.21. The van der Waals surface area contributed by atoms with E-state index in [0.29, 0.717) is 11.2 Å². The number of nitrogens with zero attached hydrogens (tertiary/aromatic N) is 1. The van der Waals surface area contributed by atoms with Gasteiger partial charge in [0.15, 0.2) is 0 Å². The Hall–Kier alpha value is -1.80. The van der Waals surface area contributed by atoms with E-state index >= 15 is 0 Å². The molecule has 0 atom stereocenters. The van der Waals surface area contributed by atoms with Crippen molar-refractivity contribution in [2.24, 2.45) is 22.7 Å². The minimum atomic E-state index is 0.298. The van der Waals surface area contributed by atoms with Crippen LogP contribution in [0.4, 0.5) is 5.69 Å². The van der Waals surface area contributed by atoms with Crippen LogP contribution in [0.2, 0.25) is 5.02 Å². The van der Waals surface area contributed by atoms with Gasteiger partial charge < -0.3 is 5.11 Å². The van der Waals surface area contributed by atoms with Crippen molar-refractivity contribution in [1.82, 2.24) is 0 Å². The molecule has 4 bridgehead atoms. The molecule has 27 heavy (non-hydrogen) atoms. The highest BCUT2D eigenvalue weighted by Gasteiger charge is 2.51. The maximum absolute atomic E-state index is 10.4. The average molecular weight is 380 g/mol. The molecule has 0 heterocycles. The highest BCUT2D eigenvalue weighted by molar-refractivity contribution is 6.31. The van der Waals surface area contributed by atoms with Crippen molar-refractivity contribution in [2.45, 2.75) is 50.9 Å². The maximum atomic E-state index is 10.4. The lowest BCUT2D eigenvalue weighted by Crippen LogP contribution is -2.48. The van der Waals surface area contributed by atoms with Gasteiger partial charge in [0.1, 0.15) is 5.75 Å². The Kier molecular flexibility index (Phi) is 4.09. The standard InChI is InChI=1S/C24H26ClNO/c1-15-21(25)3-2-4-22(15)26-14-19-10-20(5-6-23(19)27)24-11-16-7-17(12-24)9-18(8-16)13-24/h2-6,10,14,16-18,27H,7-9,11-13H2,1H3. The minimum Gasteiger partial charge on any atom is -0.507 e. The van der Waals surface area contributed by atoms with Gasteiger partial charge in [-0.2, -0.15) is 0 Å². The fraction of sp³-hybridized carbons (Fsp3) is 0.458. The highest BCUT2D eigenvalue weighted by atomic mass is 35.5. The Morgan fingerprint density at radius 2 is 1.70 bits per heavy atom. The van der Waals surface area contributed by atoms with Crippen molar-refractivity contribution in [3.8, 4) is 5.75 Å². The number of hydrogen-bond donors (Lipinski definition) is 1. The summed E-state index contributed by atoms with van der Waals surface area (Å²) in [5, 5.41) is 11.1. The molecule has 3 heteroatoms. The van der Waals surface area contributed by atoms with Crippen LogP contribution in [-0.4, -0.2) is 11.3 Å². The minimum absolute atomic E-state index is 0.298. The number of hydrogen-bond acceptors (Lipinski definition) is 2. The van der Waals surface area contributed by atoms with Crippen LogP contribution in [0.25, 0.3) is 0 Å². The zero-order chi connectivity index (χ0) is 18.6. The lowest BCUT2D eigenvalue weighted by molar-refractivity contribution is -0.00520. The van der Waals surface area contributed by atoms with Gasteiger partial charge in [-0.05, 0) is 104 Å². The first-order chi connectivity index (χ1) is 13.0. The third-order valence-electron chi connectivity index (χ3n) is 7.26. The SMILES string of the molecule is Cc1c(Cl)cccc1N=Cc1cc(C23CC4CC(CC(C4)C2)C3)ccc1O. The maximum Gasteiger partial charge on any atom is 0.124 e. The van der Waals surface area contributed by atoms with Crippen molar-refractivity contribution >= 4 is 23.5 Å². The van der Waals surface area contributed by atoms with Crippen molar-refractivity contribution < 1.29 is 5.11 Å². The first kappa shape index (κ1) is 17.3. The molecule has 2 aromatic carbocycles. The molecule has 2 nitrogen and oxygen atoms in total. The Balaban J connectivity index is 1.49. The molecule has 4 fully saturated rings. The van der Waals surface area contributed by atoms with Gasteiger partial charge in [0.2, 0.25) is 0 Å². The molecule has 6 rings (SSSR count). The number of rotatable bonds is 3. The van der Waals surface area contributed by atoms with E-state index in [-0.39, 0.29) is 0 Å². The highest BCUT2D eigenvalue weighted by Crippen LogP contribution is 2.60. The van der Waals surface area contributed by atoms with Gasteiger partial charge in [-0.1, -0.05) is 23.7 Å². The molecular weight excluding hydrogens is 354 g/mol. The van der Waals surface area contributed by atoms with E-state index < -0.39 is 0 Å². The molecule has 1 N–H and O–H groups in total. The molecule has 4 aliphatic rings. The predicted molar refractivity (Wildman–Crippen MR) is 111 cm³/mol. The van der Waals surface area contributed by atoms with Crippen molar-refractivity contribution in [3.05, 3.63) is 58.1 Å². The van der Waals surface area contributed by atoms with Crippen LogP contribution in [0.3, 0.4) is 0 Å². The summed E-state index contributed by atoms with van der Waals surface area (Å²) < 4.78 is 0. The monoisotopic (exact) mass is 379 g/mol. The molecule has 0 saturated heterocycles. The molecule has 0 amide bonds. The van der Waals surface area contributed by atoms with Gasteiger partial charge in [-0.3, -0.25) is 4.99 Å². The first-order valence-electron chi connectivity index (χ1n) is 10.2. The molecule has 0 aromatic heterocycles. The third kappa shape index (κ3) is 2.99. The van der Waals surface area contributed by atoms with E-state index in [4.69, 9.17) is 11.6 Å². The lowest BCUT2D eigenvalue weighted by atomic mass is 9.48. The van der Waals surface area contributed by atoms with E-state index in [1.807, 2.05) is 31.2 Å². The molecule has 4 aliphatic carbocycles. The van der Waals surface area contributed by atoms with Gasteiger partial charge in [-0.15, -0.1) is 0 Å². The molecular formula is C24H26ClNO. The van der Waals surface area contributed by atoms with Crippen molar-refractivity contribution in [1.29, 1.82) is 0 Å². The summed E-state index contributed by atoms with van der Waals surface area (Å²) in [6, 6.07) is 11.9. The van der Waals surface area contributed by atoms with E-state index in [2.05, 4.69) is 17.1 Å². The summed E-state index contributed by atoms with van der Waals surface area (Å²) in [4.78, 5) is 4.62. The summed E-state index contributed by atoms with van der Waals surface area (Å²) in [5.74, 6) is 3.04. The van der Waals surface area contributed by atoms with Crippen LogP contribution < -0.4 is 0 Å². The van der Waals surface area contributed by atoms with Crippen LogP contribution in [0.1, 0.15) is 55.2 Å². The number of aromatic hydroxyl groups is 1. The Bertz CT molecular complexity index is 881. The number of phenolic OH excluding ortho intramolecular Hbond substituents is 1. The summed E-state index contributed by atoms with van der Waals surface area (Å²) in [6.45, 7) is 1.97. The van der Waals surface area contributed by atoms with Gasteiger partial charge in [0, 0.05) is 16.8 Å². The summed E-state index contributed by atoms with van der Waals surface area (Å²) in [6.07, 6.45) is 10.1. The topological polar surface area (TPSA) is 32.6 Å². The van der Waals surface area contributed by atoms with Crippen LogP contribution in [0.5, 0.6) is 5.75 Å². The van der Waals surface area contributed by atoms with Gasteiger partial charge in [-0.25, -0.2) is 0 Å². The number of halogens is 1.